The Morgan fingerprint density at radius 2 is 2.16 bits per heavy atom. The van der Waals surface area contributed by atoms with Crippen LogP contribution in [0.15, 0.2) is 34.7 Å². The quantitative estimate of drug-likeness (QED) is 0.904. The van der Waals surface area contributed by atoms with E-state index in [9.17, 15) is 4.79 Å². The minimum atomic E-state index is -0.341. The van der Waals surface area contributed by atoms with E-state index in [0.29, 0.717) is 10.8 Å². The Balaban J connectivity index is 2.23. The van der Waals surface area contributed by atoms with Crippen molar-refractivity contribution in [3.05, 3.63) is 46.7 Å². The molecule has 0 aliphatic heterocycles. The molecule has 1 aromatic heterocycles. The van der Waals surface area contributed by atoms with Crippen molar-refractivity contribution in [1.29, 1.82) is 0 Å². The normalized spacial score (nSPS) is 10.5. The number of furan rings is 1. The van der Waals surface area contributed by atoms with Crippen LogP contribution in [0, 0.1) is 6.92 Å². The van der Waals surface area contributed by atoms with Gasteiger partial charge in [-0.1, -0.05) is 11.6 Å². The molecule has 4 nitrogen and oxygen atoms in total. The lowest BCUT2D eigenvalue weighted by Gasteiger charge is -2.03. The molecule has 0 radical (unpaired) electrons. The number of halogens is 1. The molecule has 1 aromatic carbocycles. The second kappa shape index (κ2) is 5.91. The van der Waals surface area contributed by atoms with Crippen molar-refractivity contribution in [2.24, 2.45) is 0 Å². The molecule has 1 amide bonds. The summed E-state index contributed by atoms with van der Waals surface area (Å²) >= 11 is 5.90. The summed E-state index contributed by atoms with van der Waals surface area (Å²) in [6.07, 6.45) is 0. The van der Waals surface area contributed by atoms with E-state index in [2.05, 4.69) is 5.32 Å². The van der Waals surface area contributed by atoms with Crippen molar-refractivity contribution in [1.82, 2.24) is 5.32 Å². The van der Waals surface area contributed by atoms with E-state index >= 15 is 0 Å². The molecule has 0 bridgehead atoms. The molecule has 0 aliphatic carbocycles. The number of rotatable bonds is 4. The van der Waals surface area contributed by atoms with Gasteiger partial charge in [-0.05, 0) is 42.8 Å². The van der Waals surface area contributed by atoms with E-state index in [1.165, 1.54) is 0 Å². The zero-order valence-corrected chi connectivity index (χ0v) is 11.2. The molecule has 100 valence electrons. The van der Waals surface area contributed by atoms with Crippen LogP contribution in [0.5, 0.6) is 0 Å². The van der Waals surface area contributed by atoms with Crippen LogP contribution in [-0.2, 0) is 0 Å². The van der Waals surface area contributed by atoms with E-state index in [1.54, 1.807) is 18.2 Å². The van der Waals surface area contributed by atoms with Crippen molar-refractivity contribution in [3.63, 3.8) is 0 Å². The summed E-state index contributed by atoms with van der Waals surface area (Å²) in [4.78, 5) is 11.7. The van der Waals surface area contributed by atoms with Gasteiger partial charge >= 0.3 is 0 Å². The van der Waals surface area contributed by atoms with E-state index in [1.807, 2.05) is 19.1 Å². The fourth-order valence-electron chi connectivity index (χ4n) is 1.76. The topological polar surface area (TPSA) is 62.5 Å². The van der Waals surface area contributed by atoms with Gasteiger partial charge in [-0.25, -0.2) is 0 Å². The highest BCUT2D eigenvalue weighted by Gasteiger charge is 2.12. The maximum absolute atomic E-state index is 11.7. The molecule has 0 unspecified atom stereocenters. The summed E-state index contributed by atoms with van der Waals surface area (Å²) in [7, 11) is 0. The fourth-order valence-corrected chi connectivity index (χ4v) is 1.99. The second-order valence-corrected chi connectivity index (χ2v) is 4.54. The number of carbonyl (C=O) groups excluding carboxylic acids is 1. The first-order valence-electron chi connectivity index (χ1n) is 5.87. The lowest BCUT2D eigenvalue weighted by atomic mass is 10.1. The Morgan fingerprint density at radius 1 is 1.37 bits per heavy atom. The smallest absolute Gasteiger partial charge is 0.287 e. The van der Waals surface area contributed by atoms with E-state index < -0.39 is 0 Å². The Morgan fingerprint density at radius 3 is 2.84 bits per heavy atom. The molecule has 5 heteroatoms. The molecule has 0 spiro atoms. The summed E-state index contributed by atoms with van der Waals surface area (Å²) in [5, 5.41) is 11.8. The SMILES string of the molecule is Cc1cc(Cl)ccc1-c1ccc(C(=O)NCCO)o1. The average Bonchev–Trinajstić information content (AvgIpc) is 2.85. The van der Waals surface area contributed by atoms with Crippen LogP contribution in [0.4, 0.5) is 0 Å². The molecule has 1 heterocycles. The number of amides is 1. The highest BCUT2D eigenvalue weighted by Crippen LogP contribution is 2.27. The first-order chi connectivity index (χ1) is 9.11. The van der Waals surface area contributed by atoms with Crippen LogP contribution in [0.25, 0.3) is 11.3 Å². The number of aliphatic hydroxyl groups is 1. The molecule has 0 saturated heterocycles. The Labute approximate surface area is 116 Å². The van der Waals surface area contributed by atoms with Crippen LogP contribution < -0.4 is 5.32 Å². The number of carbonyl (C=O) groups is 1. The third-order valence-corrected chi connectivity index (χ3v) is 2.92. The van der Waals surface area contributed by atoms with Crippen molar-refractivity contribution in [2.75, 3.05) is 13.2 Å². The maximum atomic E-state index is 11.7. The van der Waals surface area contributed by atoms with Crippen LogP contribution >= 0.6 is 11.6 Å². The highest BCUT2D eigenvalue weighted by atomic mass is 35.5. The number of benzene rings is 1. The van der Waals surface area contributed by atoms with Gasteiger partial charge < -0.3 is 14.8 Å². The van der Waals surface area contributed by atoms with Crippen LogP contribution in [-0.4, -0.2) is 24.2 Å². The first kappa shape index (κ1) is 13.6. The van der Waals surface area contributed by atoms with Crippen molar-refractivity contribution >= 4 is 17.5 Å². The monoisotopic (exact) mass is 279 g/mol. The van der Waals surface area contributed by atoms with E-state index in [0.717, 1.165) is 11.1 Å². The van der Waals surface area contributed by atoms with Gasteiger partial charge in [0.25, 0.3) is 5.91 Å². The minimum absolute atomic E-state index is 0.102. The molecule has 0 saturated carbocycles. The molecule has 2 rings (SSSR count). The minimum Gasteiger partial charge on any atom is -0.451 e. The molecule has 2 N–H and O–H groups in total. The molecule has 19 heavy (non-hydrogen) atoms. The average molecular weight is 280 g/mol. The number of hydrogen-bond donors (Lipinski definition) is 2. The van der Waals surface area contributed by atoms with Crippen LogP contribution in [0.3, 0.4) is 0 Å². The van der Waals surface area contributed by atoms with Gasteiger partial charge in [0, 0.05) is 17.1 Å². The third kappa shape index (κ3) is 3.16. The standard InChI is InChI=1S/C14H14ClNO3/c1-9-8-10(15)2-3-11(9)12-4-5-13(19-12)14(18)16-6-7-17/h2-5,8,17H,6-7H2,1H3,(H,16,18). The predicted octanol–water partition coefficient (Wildman–Crippen LogP) is 2.63. The summed E-state index contributed by atoms with van der Waals surface area (Å²) in [5.41, 5.74) is 1.87. The number of aliphatic hydroxyl groups excluding tert-OH is 1. The third-order valence-electron chi connectivity index (χ3n) is 2.68. The Hall–Kier alpha value is -1.78. The summed E-state index contributed by atoms with van der Waals surface area (Å²) in [6, 6.07) is 8.81. The fraction of sp³-hybridized carbons (Fsp3) is 0.214. The van der Waals surface area contributed by atoms with Gasteiger partial charge in [-0.3, -0.25) is 4.79 Å². The zero-order valence-electron chi connectivity index (χ0n) is 10.4. The Bertz CT molecular complexity index is 592. The molecule has 0 fully saturated rings. The van der Waals surface area contributed by atoms with E-state index in [4.69, 9.17) is 21.1 Å². The maximum Gasteiger partial charge on any atom is 0.287 e. The molecule has 2 aromatic rings. The van der Waals surface area contributed by atoms with Crippen molar-refractivity contribution < 1.29 is 14.3 Å². The Kier molecular flexibility index (Phi) is 4.24. The second-order valence-electron chi connectivity index (χ2n) is 4.10. The van der Waals surface area contributed by atoms with Gasteiger partial charge in [0.15, 0.2) is 5.76 Å². The number of nitrogens with one attached hydrogen (secondary N) is 1. The highest BCUT2D eigenvalue weighted by molar-refractivity contribution is 6.30. The van der Waals surface area contributed by atoms with Crippen molar-refractivity contribution in [3.8, 4) is 11.3 Å². The van der Waals surface area contributed by atoms with Gasteiger partial charge in [0.1, 0.15) is 5.76 Å². The first-order valence-corrected chi connectivity index (χ1v) is 6.25. The van der Waals surface area contributed by atoms with Crippen LogP contribution in [0.1, 0.15) is 16.1 Å². The van der Waals surface area contributed by atoms with Gasteiger partial charge in [-0.2, -0.15) is 0 Å². The molecular weight excluding hydrogens is 266 g/mol. The lowest BCUT2D eigenvalue weighted by Crippen LogP contribution is -2.25. The largest absolute Gasteiger partial charge is 0.451 e. The van der Waals surface area contributed by atoms with E-state index in [-0.39, 0.29) is 24.8 Å². The summed E-state index contributed by atoms with van der Waals surface area (Å²) in [5.74, 6) is 0.494. The summed E-state index contributed by atoms with van der Waals surface area (Å²) < 4.78 is 5.51. The summed E-state index contributed by atoms with van der Waals surface area (Å²) in [6.45, 7) is 2.03. The number of hydrogen-bond acceptors (Lipinski definition) is 3. The van der Waals surface area contributed by atoms with Crippen molar-refractivity contribution in [2.45, 2.75) is 6.92 Å². The van der Waals surface area contributed by atoms with Gasteiger partial charge in [0.2, 0.25) is 0 Å². The molecular formula is C14H14ClNO3. The molecule has 0 aliphatic rings. The molecule has 0 atom stereocenters. The number of aryl methyl sites for hydroxylation is 1. The zero-order chi connectivity index (χ0) is 13.8. The van der Waals surface area contributed by atoms with Crippen LogP contribution in [0.2, 0.25) is 5.02 Å². The predicted molar refractivity (Wildman–Crippen MR) is 73.3 cm³/mol. The lowest BCUT2D eigenvalue weighted by molar-refractivity contribution is 0.0918. The van der Waals surface area contributed by atoms with Gasteiger partial charge in [-0.15, -0.1) is 0 Å². The van der Waals surface area contributed by atoms with Gasteiger partial charge in [0.05, 0.1) is 6.61 Å².